The van der Waals surface area contributed by atoms with Crippen molar-refractivity contribution >= 4 is 11.6 Å². The highest BCUT2D eigenvalue weighted by atomic mass is 15.2. The lowest BCUT2D eigenvalue weighted by Crippen LogP contribution is -2.29. The zero-order chi connectivity index (χ0) is 14.5. The summed E-state index contributed by atoms with van der Waals surface area (Å²) >= 11 is 0. The molecule has 112 valence electrons. The van der Waals surface area contributed by atoms with E-state index in [1.807, 2.05) is 0 Å². The van der Waals surface area contributed by atoms with Gasteiger partial charge in [0.05, 0.1) is 0 Å². The van der Waals surface area contributed by atoms with Crippen LogP contribution in [0.25, 0.3) is 0 Å². The van der Waals surface area contributed by atoms with Crippen LogP contribution in [0.2, 0.25) is 0 Å². The molecule has 1 aromatic heterocycles. The van der Waals surface area contributed by atoms with Gasteiger partial charge in [0, 0.05) is 31.1 Å². The van der Waals surface area contributed by atoms with Crippen molar-refractivity contribution in [2.75, 3.05) is 23.3 Å². The van der Waals surface area contributed by atoms with Gasteiger partial charge >= 0.3 is 0 Å². The lowest BCUT2D eigenvalue weighted by molar-refractivity contribution is 0.636. The van der Waals surface area contributed by atoms with Gasteiger partial charge in [-0.15, -0.1) is 0 Å². The third-order valence-electron chi connectivity index (χ3n) is 3.95. The van der Waals surface area contributed by atoms with Crippen molar-refractivity contribution in [3.8, 4) is 0 Å². The second kappa shape index (κ2) is 6.91. The Morgan fingerprint density at radius 2 is 2.15 bits per heavy atom. The molecule has 1 aliphatic heterocycles. The number of hydrogen-bond acceptors (Lipinski definition) is 4. The number of rotatable bonds is 6. The predicted molar refractivity (Wildman–Crippen MR) is 85.6 cm³/mol. The molecule has 0 aliphatic carbocycles. The van der Waals surface area contributed by atoms with Crippen molar-refractivity contribution in [3.05, 3.63) is 11.9 Å². The molecule has 2 rings (SSSR count). The van der Waals surface area contributed by atoms with Crippen LogP contribution < -0.4 is 10.2 Å². The Hall–Kier alpha value is -1.32. The van der Waals surface area contributed by atoms with Crippen molar-refractivity contribution < 1.29 is 0 Å². The van der Waals surface area contributed by atoms with E-state index in [0.717, 1.165) is 37.0 Å². The van der Waals surface area contributed by atoms with Crippen molar-refractivity contribution in [2.45, 2.75) is 65.3 Å². The molecule has 1 unspecified atom stereocenters. The van der Waals surface area contributed by atoms with Crippen LogP contribution in [0, 0.1) is 0 Å². The molecule has 1 aliphatic rings. The summed E-state index contributed by atoms with van der Waals surface area (Å²) in [4.78, 5) is 11.9. The Morgan fingerprint density at radius 1 is 1.35 bits per heavy atom. The fourth-order valence-electron chi connectivity index (χ4n) is 2.76. The van der Waals surface area contributed by atoms with Gasteiger partial charge in [-0.3, -0.25) is 0 Å². The summed E-state index contributed by atoms with van der Waals surface area (Å²) in [5.74, 6) is 3.39. The minimum atomic E-state index is 0.361. The van der Waals surface area contributed by atoms with Crippen molar-refractivity contribution in [3.63, 3.8) is 0 Å². The highest BCUT2D eigenvalue weighted by Crippen LogP contribution is 2.28. The molecule has 0 bridgehead atoms. The second-order valence-electron chi connectivity index (χ2n) is 5.95. The quantitative estimate of drug-likeness (QED) is 0.858. The molecule has 1 aromatic rings. The molecular formula is C16H28N4. The van der Waals surface area contributed by atoms with Gasteiger partial charge in [-0.05, 0) is 25.7 Å². The fourth-order valence-corrected chi connectivity index (χ4v) is 2.76. The van der Waals surface area contributed by atoms with E-state index in [9.17, 15) is 0 Å². The van der Waals surface area contributed by atoms with Crippen LogP contribution in [0.4, 0.5) is 11.6 Å². The van der Waals surface area contributed by atoms with Crippen LogP contribution in [0.1, 0.15) is 65.1 Å². The van der Waals surface area contributed by atoms with Crippen molar-refractivity contribution in [1.82, 2.24) is 9.97 Å². The summed E-state index contributed by atoms with van der Waals surface area (Å²) in [6.45, 7) is 10.8. The van der Waals surface area contributed by atoms with E-state index in [0.29, 0.717) is 12.0 Å². The Labute approximate surface area is 123 Å². The number of hydrogen-bond donors (Lipinski definition) is 1. The monoisotopic (exact) mass is 276 g/mol. The Morgan fingerprint density at radius 3 is 2.80 bits per heavy atom. The summed E-state index contributed by atoms with van der Waals surface area (Å²) in [6, 6.07) is 2.76. The van der Waals surface area contributed by atoms with E-state index in [4.69, 9.17) is 4.98 Å². The maximum atomic E-state index is 4.80. The molecular weight excluding hydrogens is 248 g/mol. The maximum absolute atomic E-state index is 4.80. The molecule has 1 saturated heterocycles. The Bertz CT molecular complexity index is 430. The van der Waals surface area contributed by atoms with E-state index >= 15 is 0 Å². The second-order valence-corrected chi connectivity index (χ2v) is 5.95. The average Bonchev–Trinajstić information content (AvgIpc) is 2.93. The van der Waals surface area contributed by atoms with E-state index in [1.54, 1.807) is 0 Å². The number of nitrogens with zero attached hydrogens (tertiary/aromatic N) is 3. The molecule has 4 nitrogen and oxygen atoms in total. The van der Waals surface area contributed by atoms with Gasteiger partial charge in [0.1, 0.15) is 17.5 Å². The van der Waals surface area contributed by atoms with Crippen LogP contribution >= 0.6 is 0 Å². The molecule has 2 heterocycles. The van der Waals surface area contributed by atoms with Gasteiger partial charge in [-0.2, -0.15) is 0 Å². The molecule has 20 heavy (non-hydrogen) atoms. The Balaban J connectivity index is 2.28. The molecule has 1 atom stereocenters. The third-order valence-corrected chi connectivity index (χ3v) is 3.95. The third kappa shape index (κ3) is 3.41. The molecule has 0 saturated carbocycles. The number of aromatic nitrogens is 2. The van der Waals surface area contributed by atoms with Crippen LogP contribution in [0.3, 0.4) is 0 Å². The van der Waals surface area contributed by atoms with E-state index in [-0.39, 0.29) is 0 Å². The van der Waals surface area contributed by atoms with Crippen LogP contribution in [-0.2, 0) is 0 Å². The summed E-state index contributed by atoms with van der Waals surface area (Å²) in [5, 5.41) is 3.41. The first-order valence-electron chi connectivity index (χ1n) is 8.05. The average molecular weight is 276 g/mol. The first-order valence-corrected chi connectivity index (χ1v) is 8.05. The molecule has 4 heteroatoms. The summed E-state index contributed by atoms with van der Waals surface area (Å²) in [7, 11) is 0. The normalized spacial score (nSPS) is 18.9. The van der Waals surface area contributed by atoms with E-state index in [2.05, 4.69) is 49.0 Å². The lowest BCUT2D eigenvalue weighted by Gasteiger charge is -2.26. The SMILES string of the molecule is CCCNc1cc(N2CCCC2CC)nc(C(C)C)n1. The topological polar surface area (TPSA) is 41.0 Å². The Kier molecular flexibility index (Phi) is 5.21. The van der Waals surface area contributed by atoms with Gasteiger partial charge in [0.25, 0.3) is 0 Å². The number of anilines is 2. The van der Waals surface area contributed by atoms with Gasteiger partial charge in [-0.25, -0.2) is 9.97 Å². The minimum Gasteiger partial charge on any atom is -0.370 e. The smallest absolute Gasteiger partial charge is 0.135 e. The standard InChI is InChI=1S/C16H28N4/c1-5-9-17-14-11-15(19-16(18-14)12(3)4)20-10-7-8-13(20)6-2/h11-13H,5-10H2,1-4H3,(H,17,18,19). The first kappa shape index (κ1) is 15.1. The van der Waals surface area contributed by atoms with Crippen LogP contribution in [0.15, 0.2) is 6.07 Å². The molecule has 0 aromatic carbocycles. The number of nitrogens with one attached hydrogen (secondary N) is 1. The summed E-state index contributed by atoms with van der Waals surface area (Å²) in [5.41, 5.74) is 0. The highest BCUT2D eigenvalue weighted by Gasteiger charge is 2.25. The summed E-state index contributed by atoms with van der Waals surface area (Å²) < 4.78 is 0. The van der Waals surface area contributed by atoms with Gasteiger partial charge < -0.3 is 10.2 Å². The first-order chi connectivity index (χ1) is 9.65. The molecule has 1 fully saturated rings. The van der Waals surface area contributed by atoms with Crippen LogP contribution in [-0.4, -0.2) is 29.1 Å². The minimum absolute atomic E-state index is 0.361. The van der Waals surface area contributed by atoms with E-state index in [1.165, 1.54) is 19.3 Å². The fraction of sp³-hybridized carbons (Fsp3) is 0.750. The lowest BCUT2D eigenvalue weighted by atomic mass is 10.1. The van der Waals surface area contributed by atoms with Gasteiger partial charge in [0.15, 0.2) is 0 Å². The summed E-state index contributed by atoms with van der Waals surface area (Å²) in [6.07, 6.45) is 4.86. The van der Waals surface area contributed by atoms with Crippen molar-refractivity contribution in [1.29, 1.82) is 0 Å². The van der Waals surface area contributed by atoms with Gasteiger partial charge in [0.2, 0.25) is 0 Å². The maximum Gasteiger partial charge on any atom is 0.135 e. The molecule has 0 spiro atoms. The molecule has 0 radical (unpaired) electrons. The highest BCUT2D eigenvalue weighted by molar-refractivity contribution is 5.51. The van der Waals surface area contributed by atoms with Crippen LogP contribution in [0.5, 0.6) is 0 Å². The van der Waals surface area contributed by atoms with Gasteiger partial charge in [-0.1, -0.05) is 27.7 Å². The largest absolute Gasteiger partial charge is 0.370 e. The van der Waals surface area contributed by atoms with Crippen molar-refractivity contribution in [2.24, 2.45) is 0 Å². The zero-order valence-corrected chi connectivity index (χ0v) is 13.3. The molecule has 0 amide bonds. The van der Waals surface area contributed by atoms with E-state index < -0.39 is 0 Å². The zero-order valence-electron chi connectivity index (χ0n) is 13.3. The molecule has 1 N–H and O–H groups in total. The predicted octanol–water partition coefficient (Wildman–Crippen LogP) is 3.80.